The maximum atomic E-state index is 14.2. The molecule has 1 atom stereocenters. The van der Waals surface area contributed by atoms with Gasteiger partial charge in [0.15, 0.2) is 11.5 Å². The number of halogens is 1. The Hall–Kier alpha value is -3.76. The highest BCUT2D eigenvalue weighted by molar-refractivity contribution is 7.92. The van der Waals surface area contributed by atoms with E-state index in [0.29, 0.717) is 36.3 Å². The second-order valence-electron chi connectivity index (χ2n) is 9.88. The van der Waals surface area contributed by atoms with Crippen LogP contribution >= 0.6 is 11.6 Å². The third kappa shape index (κ3) is 7.95. The van der Waals surface area contributed by atoms with Gasteiger partial charge in [-0.25, -0.2) is 8.42 Å². The first kappa shape index (κ1) is 31.2. The average Bonchev–Trinajstić information content (AvgIpc) is 3.01. The summed E-state index contributed by atoms with van der Waals surface area (Å²) >= 11 is 6.10. The fourth-order valence-electron chi connectivity index (χ4n) is 4.61. The van der Waals surface area contributed by atoms with E-state index in [1.807, 2.05) is 37.3 Å². The lowest BCUT2D eigenvalue weighted by atomic mass is 10.0. The fraction of sp³-hybridized carbons (Fsp3) is 0.355. The van der Waals surface area contributed by atoms with Gasteiger partial charge in [-0.15, -0.1) is 0 Å². The molecule has 42 heavy (non-hydrogen) atoms. The minimum atomic E-state index is -3.89. The third-order valence-electron chi connectivity index (χ3n) is 6.88. The zero-order valence-corrected chi connectivity index (χ0v) is 25.4. The van der Waals surface area contributed by atoms with Crippen LogP contribution in [0, 0.1) is 0 Å². The maximum Gasteiger partial charge on any atom is 0.244 e. The molecule has 0 fully saturated rings. The molecule has 224 valence electrons. The van der Waals surface area contributed by atoms with Crippen LogP contribution in [0.3, 0.4) is 0 Å². The van der Waals surface area contributed by atoms with Gasteiger partial charge in [0.2, 0.25) is 21.8 Å². The lowest BCUT2D eigenvalue weighted by molar-refractivity contribution is -0.140. The van der Waals surface area contributed by atoms with Gasteiger partial charge in [-0.2, -0.15) is 0 Å². The zero-order chi connectivity index (χ0) is 30.1. The van der Waals surface area contributed by atoms with Gasteiger partial charge in [0, 0.05) is 30.6 Å². The summed E-state index contributed by atoms with van der Waals surface area (Å²) in [5, 5.41) is 3.47. The summed E-state index contributed by atoms with van der Waals surface area (Å²) in [5.74, 6) is -0.153. The Morgan fingerprint density at radius 3 is 2.29 bits per heavy atom. The fourth-order valence-corrected chi connectivity index (χ4v) is 5.79. The number of benzene rings is 3. The summed E-state index contributed by atoms with van der Waals surface area (Å²) in [6, 6.07) is 20.3. The van der Waals surface area contributed by atoms with Crippen LogP contribution in [0.5, 0.6) is 11.5 Å². The number of hydrogen-bond donors (Lipinski definition) is 1. The Labute approximate surface area is 252 Å². The number of anilines is 1. The van der Waals surface area contributed by atoms with Gasteiger partial charge in [-0.1, -0.05) is 61.0 Å². The molecular formula is C31H36ClN3O6S. The van der Waals surface area contributed by atoms with E-state index in [9.17, 15) is 18.0 Å². The summed E-state index contributed by atoms with van der Waals surface area (Å²) in [4.78, 5) is 29.3. The number of sulfonamides is 1. The molecular weight excluding hydrogens is 578 g/mol. The average molecular weight is 614 g/mol. The Balaban J connectivity index is 1.73. The number of ether oxygens (including phenoxy) is 2. The van der Waals surface area contributed by atoms with Crippen LogP contribution < -0.4 is 19.1 Å². The topological polar surface area (TPSA) is 105 Å². The van der Waals surface area contributed by atoms with Gasteiger partial charge < -0.3 is 19.7 Å². The van der Waals surface area contributed by atoms with Crippen molar-refractivity contribution in [2.45, 2.75) is 39.3 Å². The van der Waals surface area contributed by atoms with E-state index in [-0.39, 0.29) is 30.3 Å². The van der Waals surface area contributed by atoms with Crippen molar-refractivity contribution in [2.24, 2.45) is 0 Å². The lowest BCUT2D eigenvalue weighted by Gasteiger charge is -2.34. The first-order chi connectivity index (χ1) is 20.2. The lowest BCUT2D eigenvalue weighted by Crippen LogP contribution is -2.53. The molecule has 0 aliphatic carbocycles. The van der Waals surface area contributed by atoms with Crippen molar-refractivity contribution >= 4 is 39.1 Å². The first-order valence-electron chi connectivity index (χ1n) is 14.0. The van der Waals surface area contributed by atoms with Gasteiger partial charge in [-0.3, -0.25) is 13.9 Å². The number of rotatable bonds is 13. The van der Waals surface area contributed by atoms with Crippen LogP contribution in [-0.4, -0.2) is 63.2 Å². The van der Waals surface area contributed by atoms with Gasteiger partial charge in [0.05, 0.1) is 11.4 Å². The van der Waals surface area contributed by atoms with Crippen molar-refractivity contribution in [3.63, 3.8) is 0 Å². The smallest absolute Gasteiger partial charge is 0.244 e. The molecule has 0 radical (unpaired) electrons. The molecule has 9 nitrogen and oxygen atoms in total. The molecule has 1 aliphatic rings. The molecule has 0 bridgehead atoms. The van der Waals surface area contributed by atoms with Gasteiger partial charge in [0.1, 0.15) is 25.8 Å². The third-order valence-corrected chi connectivity index (χ3v) is 8.87. The normalized spacial score (nSPS) is 13.2. The van der Waals surface area contributed by atoms with Gasteiger partial charge in [0.25, 0.3) is 0 Å². The second kappa shape index (κ2) is 14.4. The monoisotopic (exact) mass is 613 g/mol. The number of nitrogens with one attached hydrogen (secondary N) is 1. The standard InChI is InChI=1S/C31H36ClN3O6S/c1-3-16-33-31(37)27(19-23-8-6-5-7-9-23)34(21-24-10-12-25(32)13-11-24)30(36)22-35(42(38,39)4-2)26-14-15-28-29(20-26)41-18-17-40-28/h5-15,20,27H,3-4,16-19,21-22H2,1-2H3,(H,33,37). The number of fused-ring (bicyclic) bond motifs is 1. The summed E-state index contributed by atoms with van der Waals surface area (Å²) in [7, 11) is -3.89. The molecule has 4 rings (SSSR count). The van der Waals surface area contributed by atoms with Crippen LogP contribution in [0.15, 0.2) is 72.8 Å². The van der Waals surface area contributed by atoms with Crippen molar-refractivity contribution in [2.75, 3.05) is 36.4 Å². The highest BCUT2D eigenvalue weighted by atomic mass is 35.5. The Kier molecular flexibility index (Phi) is 10.7. The quantitative estimate of drug-likeness (QED) is 0.306. The molecule has 1 unspecified atom stereocenters. The van der Waals surface area contributed by atoms with Crippen LogP contribution in [0.1, 0.15) is 31.4 Å². The van der Waals surface area contributed by atoms with Gasteiger partial charge >= 0.3 is 0 Å². The van der Waals surface area contributed by atoms with E-state index in [4.69, 9.17) is 21.1 Å². The molecule has 11 heteroatoms. The molecule has 0 aromatic heterocycles. The van der Waals surface area contributed by atoms with E-state index in [1.54, 1.807) is 42.5 Å². The molecule has 3 aromatic carbocycles. The van der Waals surface area contributed by atoms with Crippen molar-refractivity contribution in [1.82, 2.24) is 10.2 Å². The van der Waals surface area contributed by atoms with Crippen molar-refractivity contribution in [1.29, 1.82) is 0 Å². The van der Waals surface area contributed by atoms with E-state index < -0.39 is 28.5 Å². The molecule has 0 saturated carbocycles. The van der Waals surface area contributed by atoms with Crippen LogP contribution in [0.25, 0.3) is 0 Å². The summed E-state index contributed by atoms with van der Waals surface area (Å²) in [5.41, 5.74) is 1.89. The molecule has 1 N–H and O–H groups in total. The van der Waals surface area contributed by atoms with Crippen LogP contribution in [0.4, 0.5) is 5.69 Å². The number of hydrogen-bond acceptors (Lipinski definition) is 6. The maximum absolute atomic E-state index is 14.2. The van der Waals surface area contributed by atoms with Crippen molar-refractivity contribution < 1.29 is 27.5 Å². The highest BCUT2D eigenvalue weighted by Crippen LogP contribution is 2.35. The minimum absolute atomic E-state index is 0.0776. The molecule has 1 aliphatic heterocycles. The summed E-state index contributed by atoms with van der Waals surface area (Å²) in [6.45, 7) is 4.21. The molecule has 2 amide bonds. The minimum Gasteiger partial charge on any atom is -0.486 e. The number of carbonyl (C=O) groups excluding carboxylic acids is 2. The molecule has 3 aromatic rings. The SMILES string of the molecule is CCCNC(=O)C(Cc1ccccc1)N(Cc1ccc(Cl)cc1)C(=O)CN(c1ccc2c(c1)OCCO2)S(=O)(=O)CC. The number of amides is 2. The number of carbonyl (C=O) groups is 2. The van der Waals surface area contributed by atoms with Gasteiger partial charge in [-0.05, 0) is 48.7 Å². The van der Waals surface area contributed by atoms with Crippen molar-refractivity contribution in [3.05, 3.63) is 88.9 Å². The second-order valence-corrected chi connectivity index (χ2v) is 12.5. The predicted octanol–water partition coefficient (Wildman–Crippen LogP) is 4.43. The van der Waals surface area contributed by atoms with E-state index in [2.05, 4.69) is 5.32 Å². The molecule has 1 heterocycles. The summed E-state index contributed by atoms with van der Waals surface area (Å²) in [6.07, 6.45) is 0.974. The Morgan fingerprint density at radius 1 is 0.929 bits per heavy atom. The highest BCUT2D eigenvalue weighted by Gasteiger charge is 2.34. The first-order valence-corrected chi connectivity index (χ1v) is 16.0. The number of nitrogens with zero attached hydrogens (tertiary/aromatic N) is 2. The Morgan fingerprint density at radius 2 is 1.62 bits per heavy atom. The van der Waals surface area contributed by atoms with Crippen molar-refractivity contribution in [3.8, 4) is 11.5 Å². The van der Waals surface area contributed by atoms with E-state index in [1.165, 1.54) is 11.8 Å². The Bertz CT molecular complexity index is 1470. The predicted molar refractivity (Wildman–Crippen MR) is 163 cm³/mol. The summed E-state index contributed by atoms with van der Waals surface area (Å²) < 4.78 is 39.0. The van der Waals surface area contributed by atoms with Crippen LogP contribution in [-0.2, 0) is 32.6 Å². The van der Waals surface area contributed by atoms with E-state index in [0.717, 1.165) is 21.9 Å². The molecule has 0 spiro atoms. The zero-order valence-electron chi connectivity index (χ0n) is 23.8. The van der Waals surface area contributed by atoms with E-state index >= 15 is 0 Å². The largest absolute Gasteiger partial charge is 0.486 e. The molecule has 0 saturated heterocycles. The van der Waals surface area contributed by atoms with Crippen LogP contribution in [0.2, 0.25) is 5.02 Å².